The molecule has 1 saturated heterocycles. The fourth-order valence-electron chi connectivity index (χ4n) is 7.23. The number of imidazole rings is 1. The molecule has 15 heteroatoms. The van der Waals surface area contributed by atoms with Crippen LogP contribution in [0.2, 0.25) is 0 Å². The number of benzene rings is 2. The molecule has 5 rings (SSSR count). The fraction of sp³-hybridized carbons (Fsp3) is 0.556. The monoisotopic (exact) mass is 848 g/mol. The summed E-state index contributed by atoms with van der Waals surface area (Å²) < 4.78 is 54.0. The minimum absolute atomic E-state index is 0.0886. The van der Waals surface area contributed by atoms with E-state index in [0.29, 0.717) is 0 Å². The minimum Gasteiger partial charge on any atom is -0.464 e. The number of nitrogens with zero attached hydrogens (tertiary/aromatic N) is 4. The number of nitrogens with one attached hydrogen (secondary N) is 1. The largest absolute Gasteiger partial charge is 0.464 e. The van der Waals surface area contributed by atoms with Crippen molar-refractivity contribution >= 4 is 30.7 Å². The zero-order chi connectivity index (χ0) is 42.6. The van der Waals surface area contributed by atoms with E-state index in [9.17, 15) is 18.9 Å². The highest BCUT2D eigenvalue weighted by atomic mass is 31.2. The van der Waals surface area contributed by atoms with E-state index in [0.717, 1.165) is 44.1 Å². The molecule has 3 heterocycles. The summed E-state index contributed by atoms with van der Waals surface area (Å²) in [6.07, 6.45) is 14.2. The first-order valence-electron chi connectivity index (χ1n) is 21.6. The maximum absolute atomic E-state index is 14.7. The summed E-state index contributed by atoms with van der Waals surface area (Å²) in [6, 6.07) is 19.7. The second kappa shape index (κ2) is 24.8. The number of anilines is 1. The van der Waals surface area contributed by atoms with Gasteiger partial charge in [-0.2, -0.15) is 19.4 Å². The molecule has 2 aromatic heterocycles. The van der Waals surface area contributed by atoms with Gasteiger partial charge in [0, 0.05) is 12.5 Å². The van der Waals surface area contributed by atoms with Crippen LogP contribution in [0.4, 0.5) is 10.2 Å². The Morgan fingerprint density at radius 3 is 2.27 bits per heavy atom. The number of ether oxygens (including phenoxy) is 2. The van der Waals surface area contributed by atoms with Crippen LogP contribution < -0.4 is 15.3 Å². The van der Waals surface area contributed by atoms with E-state index in [2.05, 4.69) is 45.9 Å². The predicted molar refractivity (Wildman–Crippen MR) is 230 cm³/mol. The summed E-state index contributed by atoms with van der Waals surface area (Å²) in [5.41, 5.74) is 6.88. The molecule has 0 spiro atoms. The van der Waals surface area contributed by atoms with Gasteiger partial charge in [0.05, 0.1) is 19.3 Å². The number of aliphatic hydroxyl groups excluding tert-OH is 1. The maximum Gasteiger partial charge on any atom is 0.459 e. The smallest absolute Gasteiger partial charge is 0.459 e. The van der Waals surface area contributed by atoms with Gasteiger partial charge in [-0.05, 0) is 48.8 Å². The number of hydrogen-bond acceptors (Lipinski definition) is 11. The summed E-state index contributed by atoms with van der Waals surface area (Å²) in [5, 5.41) is 13.9. The van der Waals surface area contributed by atoms with E-state index in [1.165, 1.54) is 62.3 Å². The van der Waals surface area contributed by atoms with Crippen LogP contribution in [0.1, 0.15) is 116 Å². The number of nitrogen functional groups attached to an aromatic ring is 1. The third-order valence-electron chi connectivity index (χ3n) is 10.6. The molecule has 1 fully saturated rings. The third kappa shape index (κ3) is 15.3. The molecule has 0 unspecified atom stereocenters. The lowest BCUT2D eigenvalue weighted by Gasteiger charge is -2.26. The minimum atomic E-state index is -4.34. The molecule has 0 bridgehead atoms. The van der Waals surface area contributed by atoms with E-state index in [1.807, 2.05) is 30.3 Å². The van der Waals surface area contributed by atoms with Crippen LogP contribution in [0, 0.1) is 24.0 Å². The lowest BCUT2D eigenvalue weighted by molar-refractivity contribution is -0.147. The number of halogens is 1. The first-order chi connectivity index (χ1) is 29.2. The molecule has 2 aromatic carbocycles. The van der Waals surface area contributed by atoms with Gasteiger partial charge in [-0.1, -0.05) is 139 Å². The van der Waals surface area contributed by atoms with Crippen LogP contribution in [0.15, 0.2) is 67.0 Å². The summed E-state index contributed by atoms with van der Waals surface area (Å²) in [4.78, 5) is 25.4. The second-order valence-electron chi connectivity index (χ2n) is 15.6. The molecular weight excluding hydrogens is 787 g/mol. The molecule has 5 atom stereocenters. The molecule has 0 aliphatic carbocycles. The van der Waals surface area contributed by atoms with E-state index < -0.39 is 44.1 Å². The number of aliphatic hydroxyl groups is 1. The van der Waals surface area contributed by atoms with Gasteiger partial charge in [-0.15, -0.1) is 0 Å². The standard InChI is InChI=1S/C45H62FN6O7P/c1-3-5-7-9-11-15-23-35(24-16-12-10-8-6-4-2)31-56-44(54)38(29-34-21-17-13-18-22-34)51-60(55,59-36-25-19-14-20-26-36)57-32-40-39(53)30-37(58-40)27-28-52-33-48-41-42(47)49-45(46)50-43(41)52/h13-14,17-22,25-26,33,35,37-40,53H,3-12,15-16,23-24,29-32H2,1-2H3,(H,51,55)(H2,47,49,50)/t37-,38-,39-,40+,60-/m0/s1. The SMILES string of the molecule is CCCCCCCCC(CCCCCCCC)COC(=O)[C@H](Cc1ccccc1)N[P@](=O)(OC[C@H]1O[C@@H](C#Cn2cnc3c(N)nc(F)nc32)C[C@@H]1O)Oc1ccccc1. The first kappa shape index (κ1) is 46.7. The Balaban J connectivity index is 1.27. The van der Waals surface area contributed by atoms with Gasteiger partial charge in [0.1, 0.15) is 30.3 Å². The van der Waals surface area contributed by atoms with Crippen molar-refractivity contribution in [2.24, 2.45) is 5.92 Å². The van der Waals surface area contributed by atoms with Gasteiger partial charge < -0.3 is 24.8 Å². The van der Waals surface area contributed by atoms with Crippen LogP contribution >= 0.6 is 7.75 Å². The number of aromatic nitrogens is 4. The molecule has 0 amide bonds. The number of nitrogens with two attached hydrogens (primary N) is 1. The molecule has 60 heavy (non-hydrogen) atoms. The van der Waals surface area contributed by atoms with Gasteiger partial charge in [0.15, 0.2) is 17.0 Å². The van der Waals surface area contributed by atoms with Crippen LogP contribution in [0.25, 0.3) is 11.2 Å². The number of carbonyl (C=O) groups is 1. The second-order valence-corrected chi connectivity index (χ2v) is 17.3. The molecule has 326 valence electrons. The number of fused-ring (bicyclic) bond motifs is 1. The molecule has 13 nitrogen and oxygen atoms in total. The summed E-state index contributed by atoms with van der Waals surface area (Å²) >= 11 is 0. The Hall–Kier alpha value is -4.38. The number of rotatable bonds is 26. The molecule has 1 aliphatic rings. The van der Waals surface area contributed by atoms with Crippen LogP contribution in [0.5, 0.6) is 5.75 Å². The fourth-order valence-corrected chi connectivity index (χ4v) is 8.73. The van der Waals surface area contributed by atoms with Gasteiger partial charge >= 0.3 is 19.8 Å². The Kier molecular flexibility index (Phi) is 19.3. The van der Waals surface area contributed by atoms with E-state index in [-0.39, 0.29) is 54.7 Å². The average molecular weight is 849 g/mol. The highest BCUT2D eigenvalue weighted by molar-refractivity contribution is 7.52. The first-order valence-corrected chi connectivity index (χ1v) is 23.2. The quantitative estimate of drug-likeness (QED) is 0.0180. The number of hydrogen-bond donors (Lipinski definition) is 3. The van der Waals surface area contributed by atoms with Crippen LogP contribution in [-0.4, -0.2) is 68.2 Å². The van der Waals surface area contributed by atoms with Gasteiger partial charge in [-0.3, -0.25) is 9.32 Å². The average Bonchev–Trinajstić information content (AvgIpc) is 3.82. The Bertz CT molecular complexity index is 1980. The summed E-state index contributed by atoms with van der Waals surface area (Å²) in [6.45, 7) is 4.35. The van der Waals surface area contributed by atoms with Crippen molar-refractivity contribution in [3.8, 4) is 17.7 Å². The van der Waals surface area contributed by atoms with Gasteiger partial charge in [0.25, 0.3) is 0 Å². The van der Waals surface area contributed by atoms with Gasteiger partial charge in [-0.25, -0.2) is 14.1 Å². The summed E-state index contributed by atoms with van der Waals surface area (Å²) in [5.74, 6) is 2.70. The lowest BCUT2D eigenvalue weighted by Crippen LogP contribution is -2.40. The summed E-state index contributed by atoms with van der Waals surface area (Å²) in [7, 11) is -4.34. The molecule has 0 saturated carbocycles. The van der Waals surface area contributed by atoms with Crippen molar-refractivity contribution in [1.29, 1.82) is 0 Å². The van der Waals surface area contributed by atoms with Gasteiger partial charge in [0.2, 0.25) is 0 Å². The van der Waals surface area contributed by atoms with Crippen molar-refractivity contribution in [3.63, 3.8) is 0 Å². The lowest BCUT2D eigenvalue weighted by atomic mass is 9.94. The Labute approximate surface area is 354 Å². The molecule has 4 aromatic rings. The topological polar surface area (TPSA) is 173 Å². The number of para-hydroxylation sites is 1. The third-order valence-corrected chi connectivity index (χ3v) is 12.2. The molecule has 0 radical (unpaired) electrons. The maximum atomic E-state index is 14.7. The Morgan fingerprint density at radius 1 is 0.967 bits per heavy atom. The predicted octanol–water partition coefficient (Wildman–Crippen LogP) is 8.94. The van der Waals surface area contributed by atoms with Crippen molar-refractivity contribution in [1.82, 2.24) is 24.6 Å². The van der Waals surface area contributed by atoms with Crippen molar-refractivity contribution in [2.45, 2.75) is 141 Å². The van der Waals surface area contributed by atoms with Crippen molar-refractivity contribution in [2.75, 3.05) is 18.9 Å². The number of unbranched alkanes of at least 4 members (excludes halogenated alkanes) is 10. The van der Waals surface area contributed by atoms with E-state index >= 15 is 0 Å². The Morgan fingerprint density at radius 2 is 1.60 bits per heavy atom. The number of esters is 1. The zero-order valence-electron chi connectivity index (χ0n) is 35.1. The zero-order valence-corrected chi connectivity index (χ0v) is 35.9. The highest BCUT2D eigenvalue weighted by Gasteiger charge is 2.39. The van der Waals surface area contributed by atoms with Crippen molar-refractivity contribution < 1.29 is 37.4 Å². The van der Waals surface area contributed by atoms with Crippen LogP contribution in [-0.2, 0) is 29.8 Å². The van der Waals surface area contributed by atoms with Crippen molar-refractivity contribution in [3.05, 3.63) is 78.6 Å². The van der Waals surface area contributed by atoms with Crippen LogP contribution in [0.3, 0.4) is 0 Å². The molecular formula is C45H62FN6O7P. The molecule has 4 N–H and O–H groups in total. The van der Waals surface area contributed by atoms with E-state index in [4.69, 9.17) is 24.3 Å². The highest BCUT2D eigenvalue weighted by Crippen LogP contribution is 2.46. The van der Waals surface area contributed by atoms with E-state index in [1.54, 1.807) is 30.3 Å². The normalized spacial score (nSPS) is 17.9. The molecule has 1 aliphatic heterocycles. The number of carbonyl (C=O) groups excluding carboxylic acids is 1.